The second-order valence-corrected chi connectivity index (χ2v) is 7.66. The molecular formula is C18H31N3. The van der Waals surface area contributed by atoms with Crippen LogP contribution in [-0.2, 0) is 6.54 Å². The van der Waals surface area contributed by atoms with Gasteiger partial charge in [-0.25, -0.2) is 4.98 Å². The van der Waals surface area contributed by atoms with Gasteiger partial charge in [0.25, 0.3) is 0 Å². The van der Waals surface area contributed by atoms with E-state index in [2.05, 4.69) is 63.0 Å². The maximum atomic E-state index is 4.83. The highest BCUT2D eigenvalue weighted by Crippen LogP contribution is 2.26. The molecular weight excluding hydrogens is 258 g/mol. The van der Waals surface area contributed by atoms with Crippen molar-refractivity contribution in [2.24, 2.45) is 11.8 Å². The van der Waals surface area contributed by atoms with Gasteiger partial charge in [0.05, 0.1) is 5.69 Å². The van der Waals surface area contributed by atoms with E-state index >= 15 is 0 Å². The number of rotatable bonds is 4. The lowest BCUT2D eigenvalue weighted by molar-refractivity contribution is 0.310. The van der Waals surface area contributed by atoms with Gasteiger partial charge in [0, 0.05) is 25.2 Å². The number of hydrogen-bond donors (Lipinski definition) is 1. The molecule has 1 aliphatic heterocycles. The number of hydrogen-bond acceptors (Lipinski definition) is 3. The van der Waals surface area contributed by atoms with Gasteiger partial charge in [-0.15, -0.1) is 0 Å². The molecule has 0 unspecified atom stereocenters. The van der Waals surface area contributed by atoms with Crippen LogP contribution in [0.1, 0.15) is 53.2 Å². The van der Waals surface area contributed by atoms with Crippen LogP contribution >= 0.6 is 0 Å². The van der Waals surface area contributed by atoms with E-state index in [9.17, 15) is 0 Å². The van der Waals surface area contributed by atoms with Crippen molar-refractivity contribution in [3.63, 3.8) is 0 Å². The lowest BCUT2D eigenvalue weighted by atomic mass is 9.87. The van der Waals surface area contributed by atoms with Gasteiger partial charge in [-0.1, -0.05) is 19.9 Å². The summed E-state index contributed by atoms with van der Waals surface area (Å²) in [6, 6.07) is 6.40. The molecule has 1 aromatic heterocycles. The predicted molar refractivity (Wildman–Crippen MR) is 90.6 cm³/mol. The van der Waals surface area contributed by atoms with Crippen LogP contribution in [0.3, 0.4) is 0 Å². The summed E-state index contributed by atoms with van der Waals surface area (Å²) in [6.07, 6.45) is 2.59. The van der Waals surface area contributed by atoms with Crippen molar-refractivity contribution in [2.75, 3.05) is 18.0 Å². The largest absolute Gasteiger partial charge is 0.357 e. The van der Waals surface area contributed by atoms with Crippen molar-refractivity contribution >= 4 is 5.82 Å². The Balaban J connectivity index is 1.95. The number of piperidine rings is 1. The lowest BCUT2D eigenvalue weighted by Crippen LogP contribution is -2.37. The average molecular weight is 289 g/mol. The molecule has 2 rings (SSSR count). The van der Waals surface area contributed by atoms with Crippen LogP contribution in [0.15, 0.2) is 18.2 Å². The molecule has 1 N–H and O–H groups in total. The Hall–Kier alpha value is -1.09. The Kier molecular flexibility index (Phi) is 5.26. The van der Waals surface area contributed by atoms with Crippen LogP contribution in [0.2, 0.25) is 0 Å². The van der Waals surface area contributed by atoms with Crippen LogP contribution in [0, 0.1) is 11.8 Å². The van der Waals surface area contributed by atoms with Crippen LogP contribution in [0.25, 0.3) is 0 Å². The molecule has 1 aliphatic rings. The summed E-state index contributed by atoms with van der Waals surface area (Å²) in [5, 5.41) is 3.51. The fourth-order valence-electron chi connectivity index (χ4n) is 2.89. The third-order valence-electron chi connectivity index (χ3n) is 4.40. The zero-order chi connectivity index (χ0) is 15.5. The summed E-state index contributed by atoms with van der Waals surface area (Å²) < 4.78 is 0. The Bertz CT molecular complexity index is 440. The third-order valence-corrected chi connectivity index (χ3v) is 4.40. The molecule has 1 saturated heterocycles. The summed E-state index contributed by atoms with van der Waals surface area (Å²) in [5.74, 6) is 2.83. The fraction of sp³-hybridized carbons (Fsp3) is 0.722. The highest BCUT2D eigenvalue weighted by molar-refractivity contribution is 5.39. The Labute approximate surface area is 130 Å². The van der Waals surface area contributed by atoms with E-state index < -0.39 is 0 Å². The number of anilines is 1. The fourth-order valence-corrected chi connectivity index (χ4v) is 2.89. The first kappa shape index (κ1) is 16.3. The van der Waals surface area contributed by atoms with Gasteiger partial charge < -0.3 is 10.2 Å². The first-order valence-electron chi connectivity index (χ1n) is 8.31. The minimum absolute atomic E-state index is 0.132. The van der Waals surface area contributed by atoms with Crippen LogP contribution in [-0.4, -0.2) is 23.6 Å². The van der Waals surface area contributed by atoms with Crippen molar-refractivity contribution in [3.05, 3.63) is 23.9 Å². The smallest absolute Gasteiger partial charge is 0.128 e. The van der Waals surface area contributed by atoms with Crippen molar-refractivity contribution in [3.8, 4) is 0 Å². The molecule has 1 aromatic rings. The number of aromatic nitrogens is 1. The highest BCUT2D eigenvalue weighted by Gasteiger charge is 2.22. The Morgan fingerprint density at radius 3 is 2.48 bits per heavy atom. The topological polar surface area (TPSA) is 28.2 Å². The van der Waals surface area contributed by atoms with Crippen LogP contribution < -0.4 is 10.2 Å². The van der Waals surface area contributed by atoms with Gasteiger partial charge in [0.2, 0.25) is 0 Å². The summed E-state index contributed by atoms with van der Waals surface area (Å²) >= 11 is 0. The maximum absolute atomic E-state index is 4.83. The normalized spacial score (nSPS) is 17.5. The molecule has 0 bridgehead atoms. The molecule has 3 heteroatoms. The molecule has 0 spiro atoms. The van der Waals surface area contributed by atoms with Crippen LogP contribution in [0.4, 0.5) is 5.82 Å². The third kappa shape index (κ3) is 4.99. The standard InChI is InChI=1S/C18H31N3/c1-14(2)15-9-11-21(12-10-15)17-8-6-7-16(20-17)13-19-18(3,4)5/h6-8,14-15,19H,9-13H2,1-5H3. The summed E-state index contributed by atoms with van der Waals surface area (Å²) in [4.78, 5) is 7.28. The van der Waals surface area contributed by atoms with E-state index in [1.165, 1.54) is 12.8 Å². The first-order valence-corrected chi connectivity index (χ1v) is 8.31. The van der Waals surface area contributed by atoms with Crippen molar-refractivity contribution in [1.29, 1.82) is 0 Å². The minimum Gasteiger partial charge on any atom is -0.357 e. The molecule has 3 nitrogen and oxygen atoms in total. The molecule has 1 fully saturated rings. The molecule has 2 heterocycles. The molecule has 0 aromatic carbocycles. The Morgan fingerprint density at radius 2 is 1.90 bits per heavy atom. The first-order chi connectivity index (χ1) is 9.85. The molecule has 21 heavy (non-hydrogen) atoms. The van der Waals surface area contributed by atoms with Gasteiger partial charge in [-0.05, 0) is 57.6 Å². The zero-order valence-electron chi connectivity index (χ0n) is 14.3. The van der Waals surface area contributed by atoms with Crippen LogP contribution in [0.5, 0.6) is 0 Å². The summed E-state index contributed by atoms with van der Waals surface area (Å²) in [5.41, 5.74) is 1.27. The van der Waals surface area contributed by atoms with Gasteiger partial charge in [0.15, 0.2) is 0 Å². The molecule has 0 aliphatic carbocycles. The van der Waals surface area contributed by atoms with E-state index in [-0.39, 0.29) is 5.54 Å². The van der Waals surface area contributed by atoms with Gasteiger partial charge in [0.1, 0.15) is 5.82 Å². The van der Waals surface area contributed by atoms with Crippen molar-refractivity contribution in [1.82, 2.24) is 10.3 Å². The summed E-state index contributed by atoms with van der Waals surface area (Å²) in [7, 11) is 0. The second kappa shape index (κ2) is 6.78. The minimum atomic E-state index is 0.132. The van der Waals surface area contributed by atoms with E-state index in [1.807, 2.05) is 0 Å². The molecule has 0 amide bonds. The average Bonchev–Trinajstić information content (AvgIpc) is 2.45. The second-order valence-electron chi connectivity index (χ2n) is 7.66. The zero-order valence-corrected chi connectivity index (χ0v) is 14.3. The number of nitrogens with zero attached hydrogens (tertiary/aromatic N) is 2. The van der Waals surface area contributed by atoms with E-state index in [4.69, 9.17) is 4.98 Å². The van der Waals surface area contributed by atoms with E-state index in [1.54, 1.807) is 0 Å². The van der Waals surface area contributed by atoms with Gasteiger partial charge in [-0.2, -0.15) is 0 Å². The molecule has 0 atom stereocenters. The Morgan fingerprint density at radius 1 is 1.24 bits per heavy atom. The van der Waals surface area contributed by atoms with Crippen molar-refractivity contribution < 1.29 is 0 Å². The quantitative estimate of drug-likeness (QED) is 0.912. The van der Waals surface area contributed by atoms with Gasteiger partial charge in [-0.3, -0.25) is 0 Å². The molecule has 0 saturated carbocycles. The molecule has 118 valence electrons. The SMILES string of the molecule is CC(C)C1CCN(c2cccc(CNC(C)(C)C)n2)CC1. The number of nitrogens with one attached hydrogen (secondary N) is 1. The van der Waals surface area contributed by atoms with E-state index in [0.29, 0.717) is 0 Å². The lowest BCUT2D eigenvalue weighted by Gasteiger charge is -2.34. The van der Waals surface area contributed by atoms with Gasteiger partial charge >= 0.3 is 0 Å². The number of pyridine rings is 1. The molecule has 0 radical (unpaired) electrons. The van der Waals surface area contributed by atoms with Crippen molar-refractivity contribution in [2.45, 2.75) is 59.5 Å². The maximum Gasteiger partial charge on any atom is 0.128 e. The summed E-state index contributed by atoms with van der Waals surface area (Å²) in [6.45, 7) is 14.4. The van der Waals surface area contributed by atoms with E-state index in [0.717, 1.165) is 43.0 Å². The highest BCUT2D eigenvalue weighted by atomic mass is 15.2. The predicted octanol–water partition coefficient (Wildman–Crippen LogP) is 3.84. The monoisotopic (exact) mass is 289 g/mol.